The molecule has 1 aromatic heterocycles. The van der Waals surface area contributed by atoms with E-state index < -0.39 is 11.8 Å². The maximum Gasteiger partial charge on any atom is 0.341 e. The summed E-state index contributed by atoms with van der Waals surface area (Å²) in [5, 5.41) is -0.0289. The maximum absolute atomic E-state index is 14.1. The average molecular weight is 302 g/mol. The lowest BCUT2D eigenvalue weighted by molar-refractivity contribution is 0.0525. The van der Waals surface area contributed by atoms with Crippen molar-refractivity contribution in [1.82, 2.24) is 9.88 Å². The quantitative estimate of drug-likeness (QED) is 0.629. The van der Waals surface area contributed by atoms with Gasteiger partial charge in [0.25, 0.3) is 0 Å². The molecule has 5 nitrogen and oxygen atoms in total. The van der Waals surface area contributed by atoms with Crippen molar-refractivity contribution in [3.05, 3.63) is 22.6 Å². The van der Waals surface area contributed by atoms with E-state index in [1.54, 1.807) is 6.92 Å². The van der Waals surface area contributed by atoms with Gasteiger partial charge in [0.05, 0.1) is 6.61 Å². The van der Waals surface area contributed by atoms with Crippen LogP contribution in [0.1, 0.15) is 17.3 Å². The van der Waals surface area contributed by atoms with Crippen molar-refractivity contribution in [2.75, 3.05) is 44.7 Å². The molecule has 0 N–H and O–H groups in total. The van der Waals surface area contributed by atoms with Crippen LogP contribution < -0.4 is 4.90 Å². The first-order valence-corrected chi connectivity index (χ1v) is 6.87. The zero-order valence-electron chi connectivity index (χ0n) is 11.5. The van der Waals surface area contributed by atoms with Crippen LogP contribution in [0.3, 0.4) is 0 Å². The number of hydrogen-bond acceptors (Lipinski definition) is 5. The van der Waals surface area contributed by atoms with Gasteiger partial charge in [-0.1, -0.05) is 11.6 Å². The molecule has 0 spiro atoms. The molecule has 1 saturated heterocycles. The van der Waals surface area contributed by atoms with Crippen molar-refractivity contribution in [3.8, 4) is 0 Å². The number of carbonyl (C=O) groups excluding carboxylic acids is 1. The number of esters is 1. The van der Waals surface area contributed by atoms with Gasteiger partial charge >= 0.3 is 5.97 Å². The van der Waals surface area contributed by atoms with Crippen LogP contribution in [0.2, 0.25) is 5.15 Å². The van der Waals surface area contributed by atoms with Crippen LogP contribution in [0, 0.1) is 5.82 Å². The van der Waals surface area contributed by atoms with Gasteiger partial charge in [-0.15, -0.1) is 0 Å². The number of rotatable bonds is 3. The molecule has 0 atom stereocenters. The Kier molecular flexibility index (Phi) is 4.77. The van der Waals surface area contributed by atoms with Crippen LogP contribution in [-0.4, -0.2) is 55.7 Å². The second-order valence-corrected chi connectivity index (χ2v) is 5.00. The topological polar surface area (TPSA) is 45.7 Å². The summed E-state index contributed by atoms with van der Waals surface area (Å²) in [5.74, 6) is -1.02. The second-order valence-electron chi connectivity index (χ2n) is 4.64. The molecule has 0 amide bonds. The standard InChI is InChI=1S/C13H17ClFN3O2/c1-3-20-13(19)9-8-10(15)12(16-11(9)14)18-6-4-17(2)5-7-18/h8H,3-7H2,1-2H3. The molecule has 0 bridgehead atoms. The molecule has 0 unspecified atom stereocenters. The monoisotopic (exact) mass is 301 g/mol. The van der Waals surface area contributed by atoms with Gasteiger partial charge in [-0.05, 0) is 20.0 Å². The van der Waals surface area contributed by atoms with E-state index in [-0.39, 0.29) is 23.1 Å². The lowest BCUT2D eigenvalue weighted by Crippen LogP contribution is -2.45. The molecule has 1 aliphatic rings. The molecule has 0 saturated carbocycles. The SMILES string of the molecule is CCOC(=O)c1cc(F)c(N2CCN(C)CC2)nc1Cl. The van der Waals surface area contributed by atoms with Crippen molar-refractivity contribution in [2.24, 2.45) is 0 Å². The first-order valence-electron chi connectivity index (χ1n) is 6.49. The number of carbonyl (C=O) groups is 1. The van der Waals surface area contributed by atoms with Gasteiger partial charge in [0, 0.05) is 26.2 Å². The fourth-order valence-corrected chi connectivity index (χ4v) is 2.26. The molecule has 2 rings (SSSR count). The number of halogens is 2. The van der Waals surface area contributed by atoms with Gasteiger partial charge in [-0.3, -0.25) is 0 Å². The van der Waals surface area contributed by atoms with Crippen LogP contribution in [-0.2, 0) is 4.74 Å². The van der Waals surface area contributed by atoms with E-state index in [9.17, 15) is 9.18 Å². The van der Waals surface area contributed by atoms with Gasteiger partial charge in [0.15, 0.2) is 11.6 Å². The Morgan fingerprint density at radius 2 is 2.10 bits per heavy atom. The molecule has 20 heavy (non-hydrogen) atoms. The highest BCUT2D eigenvalue weighted by molar-refractivity contribution is 6.32. The largest absolute Gasteiger partial charge is 0.462 e. The Balaban J connectivity index is 2.24. The first kappa shape index (κ1) is 15.0. The van der Waals surface area contributed by atoms with E-state index in [0.29, 0.717) is 13.1 Å². The molecule has 0 radical (unpaired) electrons. The zero-order valence-corrected chi connectivity index (χ0v) is 12.3. The summed E-state index contributed by atoms with van der Waals surface area (Å²) in [4.78, 5) is 19.6. The lowest BCUT2D eigenvalue weighted by atomic mass is 10.2. The number of anilines is 1. The number of hydrogen-bond donors (Lipinski definition) is 0. The number of pyridine rings is 1. The van der Waals surface area contributed by atoms with Crippen LogP contribution in [0.4, 0.5) is 10.2 Å². The highest BCUT2D eigenvalue weighted by atomic mass is 35.5. The maximum atomic E-state index is 14.1. The Morgan fingerprint density at radius 3 is 2.70 bits per heavy atom. The number of piperazine rings is 1. The molecule has 110 valence electrons. The zero-order chi connectivity index (χ0) is 14.7. The van der Waals surface area contributed by atoms with Crippen LogP contribution >= 0.6 is 11.6 Å². The number of ether oxygens (including phenoxy) is 1. The summed E-state index contributed by atoms with van der Waals surface area (Å²) < 4.78 is 18.9. The van der Waals surface area contributed by atoms with Gasteiger partial charge < -0.3 is 14.5 Å². The summed E-state index contributed by atoms with van der Waals surface area (Å²) >= 11 is 5.96. The molecular weight excluding hydrogens is 285 g/mol. The minimum absolute atomic E-state index is 0.0289. The van der Waals surface area contributed by atoms with Crippen molar-refractivity contribution in [2.45, 2.75) is 6.92 Å². The summed E-state index contributed by atoms with van der Waals surface area (Å²) in [6, 6.07) is 1.10. The Bertz CT molecular complexity index is 505. The van der Waals surface area contributed by atoms with E-state index in [0.717, 1.165) is 19.2 Å². The molecule has 1 aliphatic heterocycles. The van der Waals surface area contributed by atoms with Gasteiger partial charge in [-0.25, -0.2) is 14.2 Å². The normalized spacial score (nSPS) is 16.3. The van der Waals surface area contributed by atoms with E-state index in [1.165, 1.54) is 0 Å². The van der Waals surface area contributed by atoms with Crippen LogP contribution in [0.5, 0.6) is 0 Å². The average Bonchev–Trinajstić information content (AvgIpc) is 2.42. The van der Waals surface area contributed by atoms with E-state index in [1.807, 2.05) is 11.9 Å². The van der Waals surface area contributed by atoms with Crippen molar-refractivity contribution >= 4 is 23.4 Å². The van der Waals surface area contributed by atoms with Crippen molar-refractivity contribution < 1.29 is 13.9 Å². The smallest absolute Gasteiger partial charge is 0.341 e. The predicted molar refractivity (Wildman–Crippen MR) is 74.9 cm³/mol. The summed E-state index contributed by atoms with van der Waals surface area (Å²) in [5.41, 5.74) is -0.0381. The second kappa shape index (κ2) is 6.37. The third-order valence-corrected chi connectivity index (χ3v) is 3.50. The summed E-state index contributed by atoms with van der Waals surface area (Å²) in [7, 11) is 2.01. The number of aromatic nitrogens is 1. The first-order chi connectivity index (χ1) is 9.52. The van der Waals surface area contributed by atoms with Crippen LogP contribution in [0.25, 0.3) is 0 Å². The molecular formula is C13H17ClFN3O2. The van der Waals surface area contributed by atoms with Gasteiger partial charge in [0.1, 0.15) is 10.7 Å². The van der Waals surface area contributed by atoms with E-state index >= 15 is 0 Å². The molecule has 0 aromatic carbocycles. The molecule has 1 aromatic rings. The third kappa shape index (κ3) is 3.19. The lowest BCUT2D eigenvalue weighted by Gasteiger charge is -2.33. The van der Waals surface area contributed by atoms with Crippen molar-refractivity contribution in [3.63, 3.8) is 0 Å². The highest BCUT2D eigenvalue weighted by Crippen LogP contribution is 2.24. The Morgan fingerprint density at radius 1 is 1.45 bits per heavy atom. The van der Waals surface area contributed by atoms with E-state index in [4.69, 9.17) is 16.3 Å². The minimum Gasteiger partial charge on any atom is -0.462 e. The predicted octanol–water partition coefficient (Wildman–Crippen LogP) is 1.80. The Hall–Kier alpha value is -1.40. The minimum atomic E-state index is -0.658. The van der Waals surface area contributed by atoms with Gasteiger partial charge in [0.2, 0.25) is 0 Å². The highest BCUT2D eigenvalue weighted by Gasteiger charge is 2.22. The van der Waals surface area contributed by atoms with Gasteiger partial charge in [-0.2, -0.15) is 0 Å². The fourth-order valence-electron chi connectivity index (χ4n) is 2.05. The Labute approximate surface area is 122 Å². The number of nitrogens with zero attached hydrogens (tertiary/aromatic N) is 3. The fraction of sp³-hybridized carbons (Fsp3) is 0.538. The third-order valence-electron chi connectivity index (χ3n) is 3.21. The molecule has 0 aliphatic carbocycles. The molecule has 2 heterocycles. The summed E-state index contributed by atoms with van der Waals surface area (Å²) in [6.45, 7) is 4.90. The molecule has 7 heteroatoms. The van der Waals surface area contributed by atoms with Crippen LogP contribution in [0.15, 0.2) is 6.07 Å². The number of likely N-dealkylation sites (N-methyl/N-ethyl adjacent to an activating group) is 1. The van der Waals surface area contributed by atoms with Crippen molar-refractivity contribution in [1.29, 1.82) is 0 Å². The summed E-state index contributed by atoms with van der Waals surface area (Å²) in [6.07, 6.45) is 0. The molecule has 1 fully saturated rings. The van der Waals surface area contributed by atoms with E-state index in [2.05, 4.69) is 9.88 Å².